The lowest BCUT2D eigenvalue weighted by Gasteiger charge is -2.39. The van der Waals surface area contributed by atoms with Gasteiger partial charge >= 0.3 is 0 Å². The number of para-hydroxylation sites is 1. The fourth-order valence-corrected chi connectivity index (χ4v) is 8.97. The van der Waals surface area contributed by atoms with Crippen molar-refractivity contribution in [1.82, 2.24) is 4.98 Å². The fraction of sp³-hybridized carbons (Fsp3) is 0.375. The molecule has 43 heavy (non-hydrogen) atoms. The molecule has 216 valence electrons. The topological polar surface area (TPSA) is 25.4 Å². The van der Waals surface area contributed by atoms with Crippen LogP contribution in [-0.4, -0.2) is 11.1 Å². The maximum absolute atomic E-state index is 6.38. The quantitative estimate of drug-likeness (QED) is 0.247. The van der Waals surface area contributed by atoms with Crippen LogP contribution in [0.15, 0.2) is 102 Å². The third kappa shape index (κ3) is 4.42. The molecule has 0 bridgehead atoms. The normalized spacial score (nSPS) is 25.0. The molecule has 2 saturated carbocycles. The first kappa shape index (κ1) is 25.6. The van der Waals surface area contributed by atoms with Gasteiger partial charge in [0, 0.05) is 35.2 Å². The van der Waals surface area contributed by atoms with Crippen LogP contribution in [-0.2, 0) is 6.42 Å². The number of aromatic nitrogens is 1. The van der Waals surface area contributed by atoms with Crippen molar-refractivity contribution >= 4 is 22.3 Å². The summed E-state index contributed by atoms with van der Waals surface area (Å²) in [4.78, 5) is 7.95. The van der Waals surface area contributed by atoms with Crippen molar-refractivity contribution in [3.05, 3.63) is 119 Å². The summed E-state index contributed by atoms with van der Waals surface area (Å²) < 4.78 is 6.38. The third-order valence-electron chi connectivity index (χ3n) is 11.1. The largest absolute Gasteiger partial charge is 0.489 e. The second-order valence-electron chi connectivity index (χ2n) is 13.6. The van der Waals surface area contributed by atoms with E-state index in [4.69, 9.17) is 9.72 Å². The van der Waals surface area contributed by atoms with Gasteiger partial charge in [0.2, 0.25) is 0 Å². The Hall–Kier alpha value is -3.85. The lowest BCUT2D eigenvalue weighted by molar-refractivity contribution is 0.145. The van der Waals surface area contributed by atoms with Crippen LogP contribution in [0.2, 0.25) is 0 Å². The van der Waals surface area contributed by atoms with Crippen molar-refractivity contribution < 1.29 is 4.74 Å². The molecule has 2 aliphatic heterocycles. The van der Waals surface area contributed by atoms with Crippen LogP contribution in [0, 0.1) is 5.92 Å². The molecule has 0 N–H and O–H groups in total. The van der Waals surface area contributed by atoms with E-state index in [1.54, 1.807) is 5.57 Å². The molecule has 3 heteroatoms. The Morgan fingerprint density at radius 2 is 1.58 bits per heavy atom. The number of anilines is 2. The summed E-state index contributed by atoms with van der Waals surface area (Å²) in [6, 6.07) is 29.2. The molecule has 0 spiro atoms. The minimum atomic E-state index is 0.362. The van der Waals surface area contributed by atoms with E-state index in [0.29, 0.717) is 23.9 Å². The average Bonchev–Trinajstić information content (AvgIpc) is 3.44. The van der Waals surface area contributed by atoms with Crippen LogP contribution >= 0.6 is 0 Å². The molecule has 3 heterocycles. The van der Waals surface area contributed by atoms with E-state index >= 15 is 0 Å². The summed E-state index contributed by atoms with van der Waals surface area (Å²) in [5.74, 6) is 4.00. The van der Waals surface area contributed by atoms with E-state index in [1.807, 2.05) is 0 Å². The second kappa shape index (κ2) is 10.4. The van der Waals surface area contributed by atoms with Crippen molar-refractivity contribution in [2.75, 3.05) is 4.90 Å². The highest BCUT2D eigenvalue weighted by Gasteiger charge is 2.41. The lowest BCUT2D eigenvalue weighted by atomic mass is 9.72. The van der Waals surface area contributed by atoms with Crippen LogP contribution in [0.4, 0.5) is 11.5 Å². The van der Waals surface area contributed by atoms with Crippen LogP contribution in [0.25, 0.3) is 10.8 Å². The Labute approximate surface area is 255 Å². The number of hydrogen-bond acceptors (Lipinski definition) is 3. The molecule has 9 rings (SSSR count). The predicted molar refractivity (Wildman–Crippen MR) is 175 cm³/mol. The van der Waals surface area contributed by atoms with E-state index in [1.165, 1.54) is 89.5 Å². The lowest BCUT2D eigenvalue weighted by Crippen LogP contribution is -2.30. The number of allylic oxidation sites excluding steroid dienone is 4. The average molecular weight is 565 g/mol. The molecule has 3 unspecified atom stereocenters. The van der Waals surface area contributed by atoms with Crippen molar-refractivity contribution in [1.29, 1.82) is 0 Å². The fourth-order valence-electron chi connectivity index (χ4n) is 8.97. The SMILES string of the molecule is C1=C(C2CCC3Oc4ccccc4C3C2)CCC2=C1Cc1cc3ccccc3cc1N2c1cccc(C2CCCCC2)n1. The smallest absolute Gasteiger partial charge is 0.137 e. The zero-order chi connectivity index (χ0) is 28.3. The van der Waals surface area contributed by atoms with Gasteiger partial charge < -0.3 is 4.74 Å². The van der Waals surface area contributed by atoms with Gasteiger partial charge in [-0.2, -0.15) is 0 Å². The molecule has 0 saturated heterocycles. The molecule has 3 aliphatic carbocycles. The van der Waals surface area contributed by atoms with Gasteiger partial charge in [-0.15, -0.1) is 0 Å². The number of fused-ring (bicyclic) bond motifs is 5. The summed E-state index contributed by atoms with van der Waals surface area (Å²) in [7, 11) is 0. The summed E-state index contributed by atoms with van der Waals surface area (Å²) in [6.45, 7) is 0. The molecular weight excluding hydrogens is 524 g/mol. The van der Waals surface area contributed by atoms with Crippen LogP contribution in [0.5, 0.6) is 5.75 Å². The maximum atomic E-state index is 6.38. The molecular formula is C40H40N2O. The van der Waals surface area contributed by atoms with Crippen molar-refractivity contribution in [3.8, 4) is 5.75 Å². The minimum Gasteiger partial charge on any atom is -0.489 e. The van der Waals surface area contributed by atoms with Crippen molar-refractivity contribution in [2.24, 2.45) is 5.92 Å². The summed E-state index contributed by atoms with van der Waals surface area (Å²) in [6.07, 6.45) is 16.4. The first-order chi connectivity index (χ1) is 21.3. The molecule has 3 aromatic carbocycles. The van der Waals surface area contributed by atoms with Crippen molar-refractivity contribution in [3.63, 3.8) is 0 Å². The van der Waals surface area contributed by atoms with Gasteiger partial charge in [-0.05, 0) is 103 Å². The molecule has 4 aromatic rings. The number of pyridine rings is 1. The van der Waals surface area contributed by atoms with Gasteiger partial charge in [0.15, 0.2) is 0 Å². The highest BCUT2D eigenvalue weighted by molar-refractivity contribution is 5.90. The van der Waals surface area contributed by atoms with Crippen LogP contribution < -0.4 is 9.64 Å². The second-order valence-corrected chi connectivity index (χ2v) is 13.6. The summed E-state index contributed by atoms with van der Waals surface area (Å²) in [5.41, 5.74) is 10.1. The molecule has 3 nitrogen and oxygen atoms in total. The van der Waals surface area contributed by atoms with Crippen LogP contribution in [0.3, 0.4) is 0 Å². The van der Waals surface area contributed by atoms with E-state index in [-0.39, 0.29) is 0 Å². The number of benzene rings is 3. The summed E-state index contributed by atoms with van der Waals surface area (Å²) >= 11 is 0. The standard InChI is InChI=1S/C40H40N2O/c1-2-9-26(10-3-1)35-14-8-16-40(41-35)42-36-19-17-29(30-18-20-39-34(24-30)33-13-6-7-15-38(33)43-39)22-31(36)23-32-21-27-11-4-5-12-28(27)25-37(32)42/h4-8,11-16,21-22,25-26,30,34,39H,1-3,9-10,17-20,23-24H2. The van der Waals surface area contributed by atoms with E-state index < -0.39 is 0 Å². The van der Waals surface area contributed by atoms with E-state index in [0.717, 1.165) is 37.3 Å². The van der Waals surface area contributed by atoms with Gasteiger partial charge in [-0.25, -0.2) is 4.98 Å². The van der Waals surface area contributed by atoms with Crippen molar-refractivity contribution in [2.45, 2.75) is 88.6 Å². The van der Waals surface area contributed by atoms with E-state index in [9.17, 15) is 0 Å². The Bertz CT molecular complexity index is 1780. The Balaban J connectivity index is 1.10. The number of ether oxygens (including phenoxy) is 1. The number of nitrogens with zero attached hydrogens (tertiary/aromatic N) is 2. The van der Waals surface area contributed by atoms with E-state index in [2.05, 4.69) is 89.8 Å². The third-order valence-corrected chi connectivity index (χ3v) is 11.1. The van der Waals surface area contributed by atoms with Gasteiger partial charge in [0.05, 0.1) is 5.69 Å². The molecule has 1 aromatic heterocycles. The Morgan fingerprint density at radius 1 is 0.744 bits per heavy atom. The maximum Gasteiger partial charge on any atom is 0.137 e. The Morgan fingerprint density at radius 3 is 2.49 bits per heavy atom. The Kier molecular flexibility index (Phi) is 6.20. The van der Waals surface area contributed by atoms with Crippen LogP contribution in [0.1, 0.15) is 92.9 Å². The molecule has 0 amide bonds. The molecule has 3 atom stereocenters. The van der Waals surface area contributed by atoms with Gasteiger partial charge in [-0.1, -0.05) is 79.4 Å². The zero-order valence-electron chi connectivity index (χ0n) is 25.0. The first-order valence-electron chi connectivity index (χ1n) is 16.8. The molecule has 2 fully saturated rings. The molecule has 5 aliphatic rings. The summed E-state index contributed by atoms with van der Waals surface area (Å²) in [5, 5.41) is 2.63. The highest BCUT2D eigenvalue weighted by Crippen LogP contribution is 2.51. The first-order valence-corrected chi connectivity index (χ1v) is 16.8. The minimum absolute atomic E-state index is 0.362. The number of rotatable bonds is 3. The monoisotopic (exact) mass is 564 g/mol. The zero-order valence-corrected chi connectivity index (χ0v) is 25.0. The number of hydrogen-bond donors (Lipinski definition) is 0. The highest BCUT2D eigenvalue weighted by atomic mass is 16.5. The van der Waals surface area contributed by atoms with Gasteiger partial charge in [-0.3, -0.25) is 4.90 Å². The predicted octanol–water partition coefficient (Wildman–Crippen LogP) is 10.3. The van der Waals surface area contributed by atoms with Gasteiger partial charge in [0.1, 0.15) is 17.7 Å². The van der Waals surface area contributed by atoms with Gasteiger partial charge in [0.25, 0.3) is 0 Å². The molecule has 0 radical (unpaired) electrons.